The smallest absolute Gasteiger partial charge is 0.264 e. The van der Waals surface area contributed by atoms with Gasteiger partial charge in [0.05, 0.1) is 19.0 Å². The van der Waals surface area contributed by atoms with Crippen molar-refractivity contribution in [1.82, 2.24) is 0 Å². The van der Waals surface area contributed by atoms with Crippen molar-refractivity contribution in [2.45, 2.75) is 51.6 Å². The van der Waals surface area contributed by atoms with E-state index in [1.165, 1.54) is 0 Å². The fraction of sp³-hybridized carbons (Fsp3) is 0.833. The lowest BCUT2D eigenvalue weighted by Crippen LogP contribution is -2.20. The molecule has 0 aromatic rings. The lowest BCUT2D eigenvalue weighted by atomic mass is 10.2. The van der Waals surface area contributed by atoms with Crippen LogP contribution < -0.4 is 0 Å². The molecule has 1 aliphatic heterocycles. The summed E-state index contributed by atoms with van der Waals surface area (Å²) in [6.45, 7) is 6.14. The van der Waals surface area contributed by atoms with Crippen LogP contribution in [0.3, 0.4) is 0 Å². The van der Waals surface area contributed by atoms with Crippen molar-refractivity contribution in [1.29, 1.82) is 0 Å². The van der Waals surface area contributed by atoms with E-state index in [2.05, 4.69) is 0 Å². The summed E-state index contributed by atoms with van der Waals surface area (Å²) in [4.78, 5) is 0. The van der Waals surface area contributed by atoms with Crippen molar-refractivity contribution < 1.29 is 22.1 Å². The van der Waals surface area contributed by atoms with Crippen molar-refractivity contribution in [3.63, 3.8) is 0 Å². The van der Waals surface area contributed by atoms with Gasteiger partial charge in [0.15, 0.2) is 5.79 Å². The maximum atomic E-state index is 11.0. The summed E-state index contributed by atoms with van der Waals surface area (Å²) < 4.78 is 38.0. The van der Waals surface area contributed by atoms with Crippen molar-refractivity contribution >= 4 is 10.1 Å². The molecule has 1 fully saturated rings. The van der Waals surface area contributed by atoms with E-state index in [1.54, 1.807) is 0 Å². The Balaban J connectivity index is 2.39. The van der Waals surface area contributed by atoms with Crippen molar-refractivity contribution in [2.24, 2.45) is 0 Å². The molecule has 1 saturated heterocycles. The molecule has 1 heterocycles. The zero-order chi connectivity index (χ0) is 13.8. The Bertz CT molecular complexity index is 385. The van der Waals surface area contributed by atoms with Gasteiger partial charge in [-0.3, -0.25) is 4.18 Å². The van der Waals surface area contributed by atoms with Gasteiger partial charge in [-0.15, -0.1) is 0 Å². The molecule has 0 aromatic heterocycles. The van der Waals surface area contributed by atoms with Crippen LogP contribution in [-0.2, 0) is 23.8 Å². The van der Waals surface area contributed by atoms with Gasteiger partial charge in [-0.25, -0.2) is 0 Å². The fourth-order valence-electron chi connectivity index (χ4n) is 1.71. The van der Waals surface area contributed by atoms with Crippen LogP contribution in [0.2, 0.25) is 0 Å². The van der Waals surface area contributed by atoms with Gasteiger partial charge in [-0.2, -0.15) is 8.42 Å². The molecular formula is C12H22O5S. The van der Waals surface area contributed by atoms with Crippen LogP contribution in [0.1, 0.15) is 33.6 Å². The van der Waals surface area contributed by atoms with Gasteiger partial charge in [0.1, 0.15) is 6.10 Å². The molecule has 0 spiro atoms. The van der Waals surface area contributed by atoms with E-state index in [4.69, 9.17) is 13.7 Å². The average molecular weight is 278 g/mol. The molecule has 0 unspecified atom stereocenters. The first-order chi connectivity index (χ1) is 8.22. The summed E-state index contributed by atoms with van der Waals surface area (Å²) in [6, 6.07) is 0. The SMILES string of the molecule is CC[C@H](C/C=C\[C@H]1COC(C)(C)O1)OS(C)(=O)=O. The van der Waals surface area contributed by atoms with Gasteiger partial charge in [0.25, 0.3) is 10.1 Å². The van der Waals surface area contributed by atoms with Gasteiger partial charge in [-0.05, 0) is 26.7 Å². The Kier molecular flexibility index (Phi) is 5.33. The largest absolute Gasteiger partial charge is 0.347 e. The topological polar surface area (TPSA) is 61.8 Å². The summed E-state index contributed by atoms with van der Waals surface area (Å²) in [7, 11) is -3.39. The number of ether oxygens (including phenoxy) is 2. The zero-order valence-electron chi connectivity index (χ0n) is 11.4. The third-order valence-electron chi connectivity index (χ3n) is 2.55. The number of rotatable bonds is 6. The molecule has 5 nitrogen and oxygen atoms in total. The Morgan fingerprint density at radius 1 is 1.50 bits per heavy atom. The highest BCUT2D eigenvalue weighted by Crippen LogP contribution is 2.23. The summed E-state index contributed by atoms with van der Waals surface area (Å²) in [6.07, 6.45) is 5.64. The van der Waals surface area contributed by atoms with Crippen LogP contribution in [0, 0.1) is 0 Å². The maximum Gasteiger partial charge on any atom is 0.264 e. The van der Waals surface area contributed by atoms with E-state index in [-0.39, 0.29) is 12.2 Å². The van der Waals surface area contributed by atoms with Gasteiger partial charge in [-0.1, -0.05) is 19.1 Å². The first-order valence-corrected chi connectivity index (χ1v) is 7.90. The van der Waals surface area contributed by atoms with Crippen LogP contribution in [0.25, 0.3) is 0 Å². The molecule has 2 atom stereocenters. The van der Waals surface area contributed by atoms with Crippen LogP contribution >= 0.6 is 0 Å². The normalized spacial score (nSPS) is 25.7. The Morgan fingerprint density at radius 2 is 2.17 bits per heavy atom. The molecule has 0 aromatic carbocycles. The molecule has 6 heteroatoms. The molecule has 0 saturated carbocycles. The fourth-order valence-corrected chi connectivity index (χ4v) is 2.42. The van der Waals surface area contributed by atoms with Crippen LogP contribution in [0.4, 0.5) is 0 Å². The lowest BCUT2D eigenvalue weighted by Gasteiger charge is -2.15. The van der Waals surface area contributed by atoms with E-state index in [9.17, 15) is 8.42 Å². The monoisotopic (exact) mass is 278 g/mol. The molecule has 1 rings (SSSR count). The van der Waals surface area contributed by atoms with Crippen molar-refractivity contribution in [3.05, 3.63) is 12.2 Å². The standard InChI is InChI=1S/C12H22O5S/c1-5-10(17-18(4,13)14)7-6-8-11-9-15-12(2,3)16-11/h6,8,10-11H,5,7,9H2,1-4H3/b8-6-/t10-,11+/m1/s1. The van der Waals surface area contributed by atoms with E-state index in [0.717, 1.165) is 6.26 Å². The van der Waals surface area contributed by atoms with Gasteiger partial charge in [0, 0.05) is 0 Å². The summed E-state index contributed by atoms with van der Waals surface area (Å²) in [5.74, 6) is -0.539. The number of hydrogen-bond donors (Lipinski definition) is 0. The van der Waals surface area contributed by atoms with Gasteiger partial charge >= 0.3 is 0 Å². The van der Waals surface area contributed by atoms with E-state index >= 15 is 0 Å². The molecular weight excluding hydrogens is 256 g/mol. The lowest BCUT2D eigenvalue weighted by molar-refractivity contribution is -0.133. The van der Waals surface area contributed by atoms with Crippen molar-refractivity contribution in [2.75, 3.05) is 12.9 Å². The van der Waals surface area contributed by atoms with Gasteiger partial charge in [0.2, 0.25) is 0 Å². The molecule has 0 aliphatic carbocycles. The highest BCUT2D eigenvalue weighted by atomic mass is 32.2. The molecule has 0 N–H and O–H groups in total. The van der Waals surface area contributed by atoms with Crippen LogP contribution in [-0.4, -0.2) is 39.3 Å². The van der Waals surface area contributed by atoms with Gasteiger partial charge < -0.3 is 9.47 Å². The average Bonchev–Trinajstić information content (AvgIpc) is 2.55. The first-order valence-electron chi connectivity index (χ1n) is 6.08. The minimum Gasteiger partial charge on any atom is -0.347 e. The van der Waals surface area contributed by atoms with Crippen LogP contribution in [0.5, 0.6) is 0 Å². The second-order valence-corrected chi connectivity index (χ2v) is 6.46. The van der Waals surface area contributed by atoms with E-state index < -0.39 is 15.9 Å². The molecule has 18 heavy (non-hydrogen) atoms. The summed E-state index contributed by atoms with van der Waals surface area (Å²) in [5, 5.41) is 0. The second-order valence-electron chi connectivity index (χ2n) is 4.86. The third kappa shape index (κ3) is 5.95. The highest BCUT2D eigenvalue weighted by Gasteiger charge is 2.30. The van der Waals surface area contributed by atoms with E-state index in [1.807, 2.05) is 32.9 Å². The number of hydrogen-bond acceptors (Lipinski definition) is 5. The Morgan fingerprint density at radius 3 is 2.61 bits per heavy atom. The quantitative estimate of drug-likeness (QED) is 0.548. The molecule has 0 radical (unpaired) electrons. The van der Waals surface area contributed by atoms with E-state index in [0.29, 0.717) is 19.4 Å². The van der Waals surface area contributed by atoms with Crippen LogP contribution in [0.15, 0.2) is 12.2 Å². The Labute approximate surface area is 109 Å². The third-order valence-corrected chi connectivity index (χ3v) is 3.17. The minimum absolute atomic E-state index is 0.0734. The predicted molar refractivity (Wildman–Crippen MR) is 68.7 cm³/mol. The molecule has 0 amide bonds. The minimum atomic E-state index is -3.39. The van der Waals surface area contributed by atoms with Crippen molar-refractivity contribution in [3.8, 4) is 0 Å². The summed E-state index contributed by atoms with van der Waals surface area (Å²) >= 11 is 0. The summed E-state index contributed by atoms with van der Waals surface area (Å²) in [5.41, 5.74) is 0. The first kappa shape index (κ1) is 15.6. The zero-order valence-corrected chi connectivity index (χ0v) is 12.2. The maximum absolute atomic E-state index is 11.0. The predicted octanol–water partition coefficient (Wildman–Crippen LogP) is 1.84. The second kappa shape index (κ2) is 6.14. The molecule has 1 aliphatic rings. The highest BCUT2D eigenvalue weighted by molar-refractivity contribution is 7.86. The molecule has 0 bridgehead atoms. The Hall–Kier alpha value is -0.430. The molecule has 106 valence electrons.